The molecule has 0 aromatic carbocycles. The molecule has 108 valence electrons. The van der Waals surface area contributed by atoms with Crippen molar-refractivity contribution in [2.45, 2.75) is 66.4 Å². The van der Waals surface area contributed by atoms with Gasteiger partial charge in [0.1, 0.15) is 0 Å². The third-order valence-corrected chi connectivity index (χ3v) is 4.03. The maximum Gasteiger partial charge on any atom is 0.0576 e. The Morgan fingerprint density at radius 2 is 1.94 bits per heavy atom. The van der Waals surface area contributed by atoms with Gasteiger partial charge in [0.2, 0.25) is 0 Å². The summed E-state index contributed by atoms with van der Waals surface area (Å²) in [4.78, 5) is 0. The Balaban J connectivity index is 2.30. The molecule has 18 heavy (non-hydrogen) atoms. The lowest BCUT2D eigenvalue weighted by Crippen LogP contribution is -2.34. The third-order valence-electron chi connectivity index (χ3n) is 4.03. The van der Waals surface area contributed by atoms with Crippen molar-refractivity contribution in [3.63, 3.8) is 0 Å². The first-order valence-corrected chi connectivity index (χ1v) is 7.72. The fraction of sp³-hybridized carbons (Fsp3) is 1.00. The van der Waals surface area contributed by atoms with E-state index in [-0.39, 0.29) is 0 Å². The van der Waals surface area contributed by atoms with Crippen LogP contribution < -0.4 is 5.32 Å². The van der Waals surface area contributed by atoms with E-state index in [0.29, 0.717) is 11.5 Å². The van der Waals surface area contributed by atoms with E-state index in [1.54, 1.807) is 0 Å². The van der Waals surface area contributed by atoms with Crippen molar-refractivity contribution in [2.75, 3.05) is 19.7 Å². The first-order chi connectivity index (χ1) is 8.39. The van der Waals surface area contributed by atoms with Gasteiger partial charge in [0.05, 0.1) is 6.10 Å². The Kier molecular flexibility index (Phi) is 6.65. The quantitative estimate of drug-likeness (QED) is 0.746. The molecule has 1 aliphatic heterocycles. The van der Waals surface area contributed by atoms with Crippen molar-refractivity contribution in [1.82, 2.24) is 5.32 Å². The van der Waals surface area contributed by atoms with Gasteiger partial charge in [0, 0.05) is 6.61 Å². The summed E-state index contributed by atoms with van der Waals surface area (Å²) in [6.45, 7) is 14.9. The maximum absolute atomic E-state index is 5.74. The summed E-state index contributed by atoms with van der Waals surface area (Å²) in [5.41, 5.74) is 0.391. The molecule has 0 saturated carbocycles. The number of ether oxygens (including phenoxy) is 1. The lowest BCUT2D eigenvalue weighted by molar-refractivity contribution is 0.0888. The third kappa shape index (κ3) is 6.19. The molecule has 1 rings (SSSR count). The van der Waals surface area contributed by atoms with Gasteiger partial charge < -0.3 is 10.1 Å². The molecule has 0 aromatic rings. The molecule has 1 N–H and O–H groups in total. The van der Waals surface area contributed by atoms with E-state index in [1.165, 1.54) is 25.7 Å². The molecule has 1 aliphatic rings. The zero-order chi connectivity index (χ0) is 13.6. The molecule has 1 fully saturated rings. The maximum atomic E-state index is 5.74. The number of rotatable bonds is 7. The summed E-state index contributed by atoms with van der Waals surface area (Å²) in [6.07, 6.45) is 5.61. The van der Waals surface area contributed by atoms with Crippen molar-refractivity contribution < 1.29 is 4.74 Å². The van der Waals surface area contributed by atoms with Gasteiger partial charge in [-0.3, -0.25) is 0 Å². The van der Waals surface area contributed by atoms with Gasteiger partial charge in [0.25, 0.3) is 0 Å². The molecule has 0 bridgehead atoms. The Morgan fingerprint density at radius 3 is 2.44 bits per heavy atom. The average Bonchev–Trinajstić information content (AvgIpc) is 2.73. The van der Waals surface area contributed by atoms with E-state index in [0.717, 1.165) is 31.5 Å². The van der Waals surface area contributed by atoms with Crippen molar-refractivity contribution in [3.8, 4) is 0 Å². The van der Waals surface area contributed by atoms with Crippen LogP contribution in [0.1, 0.15) is 60.3 Å². The predicted octanol–water partition coefficient (Wildman–Crippen LogP) is 3.85. The molecule has 2 atom stereocenters. The highest BCUT2D eigenvalue weighted by Gasteiger charge is 2.26. The molecule has 0 amide bonds. The van der Waals surface area contributed by atoms with Gasteiger partial charge in [-0.1, -0.05) is 34.6 Å². The topological polar surface area (TPSA) is 21.3 Å². The lowest BCUT2D eigenvalue weighted by atomic mass is 9.77. The van der Waals surface area contributed by atoms with Crippen LogP contribution in [0.2, 0.25) is 0 Å². The van der Waals surface area contributed by atoms with Gasteiger partial charge >= 0.3 is 0 Å². The van der Waals surface area contributed by atoms with Crippen LogP contribution in [0, 0.1) is 17.3 Å². The smallest absolute Gasteiger partial charge is 0.0576 e. The normalized spacial score (nSPS) is 22.7. The standard InChI is InChI=1S/C16H33NO/c1-13(2)11-17-12-14(16(3,4)5)8-9-15-7-6-10-18-15/h13-15,17H,6-12H2,1-5H3. The lowest BCUT2D eigenvalue weighted by Gasteiger charge is -2.32. The van der Waals surface area contributed by atoms with Crippen LogP contribution in [0.15, 0.2) is 0 Å². The van der Waals surface area contributed by atoms with E-state index in [2.05, 4.69) is 39.9 Å². The number of hydrogen-bond acceptors (Lipinski definition) is 2. The Morgan fingerprint density at radius 1 is 1.22 bits per heavy atom. The van der Waals surface area contributed by atoms with Crippen LogP contribution in [0.5, 0.6) is 0 Å². The van der Waals surface area contributed by atoms with E-state index in [1.807, 2.05) is 0 Å². The van der Waals surface area contributed by atoms with E-state index < -0.39 is 0 Å². The molecular formula is C16H33NO. The highest BCUT2D eigenvalue weighted by molar-refractivity contribution is 4.78. The van der Waals surface area contributed by atoms with Gasteiger partial charge in [-0.15, -0.1) is 0 Å². The number of nitrogens with one attached hydrogen (secondary N) is 1. The second-order valence-electron chi connectivity index (χ2n) is 7.33. The second-order valence-corrected chi connectivity index (χ2v) is 7.33. The molecule has 0 aliphatic carbocycles. The monoisotopic (exact) mass is 255 g/mol. The summed E-state index contributed by atoms with van der Waals surface area (Å²) in [5, 5.41) is 3.63. The van der Waals surface area contributed by atoms with Crippen LogP contribution in [0.3, 0.4) is 0 Å². The Labute approximate surface area is 114 Å². The predicted molar refractivity (Wildman–Crippen MR) is 78.9 cm³/mol. The van der Waals surface area contributed by atoms with Gasteiger partial charge in [-0.25, -0.2) is 0 Å². The van der Waals surface area contributed by atoms with Crippen molar-refractivity contribution in [1.29, 1.82) is 0 Å². The summed E-state index contributed by atoms with van der Waals surface area (Å²) in [7, 11) is 0. The van der Waals surface area contributed by atoms with E-state index >= 15 is 0 Å². The minimum absolute atomic E-state index is 0.391. The van der Waals surface area contributed by atoms with Crippen LogP contribution in [0.4, 0.5) is 0 Å². The summed E-state index contributed by atoms with van der Waals surface area (Å²) in [6, 6.07) is 0. The van der Waals surface area contributed by atoms with Crippen molar-refractivity contribution in [3.05, 3.63) is 0 Å². The zero-order valence-corrected chi connectivity index (χ0v) is 13.1. The molecule has 0 aromatic heterocycles. The highest BCUT2D eigenvalue weighted by Crippen LogP contribution is 2.31. The Bertz CT molecular complexity index is 214. The molecule has 0 radical (unpaired) electrons. The Hall–Kier alpha value is -0.0800. The molecular weight excluding hydrogens is 222 g/mol. The van der Waals surface area contributed by atoms with Crippen LogP contribution in [0.25, 0.3) is 0 Å². The van der Waals surface area contributed by atoms with Crippen molar-refractivity contribution in [2.24, 2.45) is 17.3 Å². The van der Waals surface area contributed by atoms with Crippen LogP contribution in [-0.4, -0.2) is 25.8 Å². The summed E-state index contributed by atoms with van der Waals surface area (Å²) in [5.74, 6) is 1.49. The largest absolute Gasteiger partial charge is 0.378 e. The molecule has 2 nitrogen and oxygen atoms in total. The fourth-order valence-electron chi connectivity index (χ4n) is 2.65. The van der Waals surface area contributed by atoms with Crippen LogP contribution >= 0.6 is 0 Å². The van der Waals surface area contributed by atoms with E-state index in [4.69, 9.17) is 4.74 Å². The molecule has 0 spiro atoms. The number of hydrogen-bond donors (Lipinski definition) is 1. The molecule has 2 heteroatoms. The minimum atomic E-state index is 0.391. The average molecular weight is 255 g/mol. The van der Waals surface area contributed by atoms with Crippen molar-refractivity contribution >= 4 is 0 Å². The zero-order valence-electron chi connectivity index (χ0n) is 13.1. The minimum Gasteiger partial charge on any atom is -0.378 e. The molecule has 1 heterocycles. The fourth-order valence-corrected chi connectivity index (χ4v) is 2.65. The molecule has 1 saturated heterocycles. The van der Waals surface area contributed by atoms with Gasteiger partial charge in [0.15, 0.2) is 0 Å². The SMILES string of the molecule is CC(C)CNCC(CCC1CCCO1)C(C)(C)C. The molecule has 2 unspecified atom stereocenters. The van der Waals surface area contributed by atoms with Gasteiger partial charge in [-0.2, -0.15) is 0 Å². The highest BCUT2D eigenvalue weighted by atomic mass is 16.5. The summed E-state index contributed by atoms with van der Waals surface area (Å²) < 4.78 is 5.74. The first kappa shape index (κ1) is 16.0. The second kappa shape index (κ2) is 7.49. The summed E-state index contributed by atoms with van der Waals surface area (Å²) >= 11 is 0. The first-order valence-electron chi connectivity index (χ1n) is 7.72. The van der Waals surface area contributed by atoms with Gasteiger partial charge in [-0.05, 0) is 56.0 Å². The van der Waals surface area contributed by atoms with Crippen LogP contribution in [-0.2, 0) is 4.74 Å². The van der Waals surface area contributed by atoms with E-state index in [9.17, 15) is 0 Å².